The SMILES string of the molecule is C=C(OC(C)=O)[C@@H](C)[C@H](CCO[Si](C(C)C)(C(C)C)C(C)C)OCC#C[C@@H]1C[C@H]1C. The van der Waals surface area contributed by atoms with Crippen molar-refractivity contribution in [1.29, 1.82) is 0 Å². The zero-order chi connectivity index (χ0) is 23.1. The third-order valence-electron chi connectivity index (χ3n) is 6.57. The molecule has 1 rings (SSSR count). The van der Waals surface area contributed by atoms with Gasteiger partial charge in [0.05, 0.1) is 6.10 Å². The third kappa shape index (κ3) is 7.55. The molecular formula is C25H44O4Si. The Morgan fingerprint density at radius 3 is 2.07 bits per heavy atom. The molecule has 0 spiro atoms. The molecule has 0 aliphatic heterocycles. The van der Waals surface area contributed by atoms with Crippen molar-refractivity contribution in [1.82, 2.24) is 0 Å². The Morgan fingerprint density at radius 2 is 1.63 bits per heavy atom. The molecule has 0 aromatic rings. The summed E-state index contributed by atoms with van der Waals surface area (Å²) in [5, 5.41) is 0. The van der Waals surface area contributed by atoms with Crippen LogP contribution in [0.2, 0.25) is 16.6 Å². The average molecular weight is 437 g/mol. The van der Waals surface area contributed by atoms with Gasteiger partial charge in [0.25, 0.3) is 0 Å². The van der Waals surface area contributed by atoms with Crippen LogP contribution in [0.25, 0.3) is 0 Å². The summed E-state index contributed by atoms with van der Waals surface area (Å²) in [4.78, 5) is 11.4. The van der Waals surface area contributed by atoms with Gasteiger partial charge in [-0.3, -0.25) is 4.79 Å². The van der Waals surface area contributed by atoms with Gasteiger partial charge in [0.2, 0.25) is 0 Å². The minimum Gasteiger partial charge on any atom is -0.432 e. The molecule has 4 atom stereocenters. The molecule has 1 aliphatic rings. The van der Waals surface area contributed by atoms with E-state index in [0.717, 1.165) is 6.42 Å². The van der Waals surface area contributed by atoms with Gasteiger partial charge in [-0.25, -0.2) is 0 Å². The molecule has 5 heteroatoms. The van der Waals surface area contributed by atoms with Crippen molar-refractivity contribution in [2.24, 2.45) is 17.8 Å². The Morgan fingerprint density at radius 1 is 1.10 bits per heavy atom. The van der Waals surface area contributed by atoms with Crippen molar-refractivity contribution >= 4 is 14.3 Å². The lowest BCUT2D eigenvalue weighted by Crippen LogP contribution is -2.48. The lowest BCUT2D eigenvalue weighted by molar-refractivity contribution is -0.138. The summed E-state index contributed by atoms with van der Waals surface area (Å²) in [6, 6.07) is 0. The number of carbonyl (C=O) groups excluding carboxylic acids is 1. The number of hydrogen-bond donors (Lipinski definition) is 0. The zero-order valence-corrected chi connectivity index (χ0v) is 21.7. The molecule has 0 aromatic heterocycles. The molecule has 0 saturated heterocycles. The molecule has 0 N–H and O–H groups in total. The highest BCUT2D eigenvalue weighted by Crippen LogP contribution is 2.42. The van der Waals surface area contributed by atoms with Crippen LogP contribution in [0.5, 0.6) is 0 Å². The molecule has 1 saturated carbocycles. The number of esters is 1. The molecule has 1 fully saturated rings. The first-order valence-corrected chi connectivity index (χ1v) is 13.7. The number of hydrogen-bond acceptors (Lipinski definition) is 4. The van der Waals surface area contributed by atoms with E-state index < -0.39 is 8.32 Å². The van der Waals surface area contributed by atoms with E-state index in [1.807, 2.05) is 6.92 Å². The molecule has 172 valence electrons. The summed E-state index contributed by atoms with van der Waals surface area (Å²) in [6.07, 6.45) is 1.76. The van der Waals surface area contributed by atoms with Crippen LogP contribution >= 0.6 is 0 Å². The van der Waals surface area contributed by atoms with Gasteiger partial charge in [-0.15, -0.1) is 0 Å². The molecule has 0 radical (unpaired) electrons. The monoisotopic (exact) mass is 436 g/mol. The Bertz CT molecular complexity index is 607. The zero-order valence-electron chi connectivity index (χ0n) is 20.7. The summed E-state index contributed by atoms with van der Waals surface area (Å²) < 4.78 is 18.1. The van der Waals surface area contributed by atoms with E-state index in [2.05, 4.69) is 66.9 Å². The molecule has 30 heavy (non-hydrogen) atoms. The second-order valence-electron chi connectivity index (χ2n) is 9.79. The Balaban J connectivity index is 2.80. The molecule has 0 bridgehead atoms. The summed E-state index contributed by atoms with van der Waals surface area (Å²) in [6.45, 7) is 24.3. The van der Waals surface area contributed by atoms with Gasteiger partial charge in [-0.05, 0) is 35.4 Å². The first kappa shape index (κ1) is 26.9. The van der Waals surface area contributed by atoms with E-state index in [0.29, 0.717) is 47.4 Å². The standard InChI is InChI=1S/C25H44O4Si/c1-17(2)30(18(3)4,19(5)6)28-15-13-25(21(8)22(9)29-23(10)26)27-14-11-12-24-16-20(24)7/h17-21,24-25H,9,13-16H2,1-8,10H3/t20-,21-,24-,25+/m1/s1. The first-order chi connectivity index (χ1) is 13.9. The van der Waals surface area contributed by atoms with Crippen molar-refractivity contribution in [3.8, 4) is 11.8 Å². The minimum absolute atomic E-state index is 0.118. The van der Waals surface area contributed by atoms with Gasteiger partial charge >= 0.3 is 5.97 Å². The van der Waals surface area contributed by atoms with E-state index in [-0.39, 0.29) is 18.0 Å². The number of rotatable bonds is 12. The summed E-state index contributed by atoms with van der Waals surface area (Å²) in [7, 11) is -1.93. The predicted molar refractivity (Wildman–Crippen MR) is 126 cm³/mol. The van der Waals surface area contributed by atoms with Gasteiger partial charge < -0.3 is 13.9 Å². The fraction of sp³-hybridized carbons (Fsp3) is 0.800. The van der Waals surface area contributed by atoms with Crippen LogP contribution in [0.1, 0.15) is 75.2 Å². The first-order valence-electron chi connectivity index (χ1n) is 11.5. The summed E-state index contributed by atoms with van der Waals surface area (Å²) >= 11 is 0. The number of ether oxygens (including phenoxy) is 2. The minimum atomic E-state index is -1.93. The van der Waals surface area contributed by atoms with Crippen LogP contribution in [0, 0.1) is 29.6 Å². The highest BCUT2D eigenvalue weighted by Gasteiger charge is 2.45. The van der Waals surface area contributed by atoms with Crippen molar-refractivity contribution in [3.63, 3.8) is 0 Å². The molecular weight excluding hydrogens is 392 g/mol. The normalized spacial score (nSPS) is 20.7. The van der Waals surface area contributed by atoms with Crippen LogP contribution in [0.3, 0.4) is 0 Å². The van der Waals surface area contributed by atoms with Gasteiger partial charge in [0, 0.05) is 25.4 Å². The topological polar surface area (TPSA) is 44.8 Å². The van der Waals surface area contributed by atoms with Crippen molar-refractivity contribution in [3.05, 3.63) is 12.3 Å². The maximum Gasteiger partial charge on any atom is 0.307 e. The van der Waals surface area contributed by atoms with Crippen LogP contribution in [-0.4, -0.2) is 33.6 Å². The summed E-state index contributed by atoms with van der Waals surface area (Å²) in [5.74, 6) is 7.65. The third-order valence-corrected chi connectivity index (χ3v) is 12.7. The van der Waals surface area contributed by atoms with E-state index >= 15 is 0 Å². The van der Waals surface area contributed by atoms with Crippen LogP contribution in [-0.2, 0) is 18.7 Å². The Hall–Kier alpha value is -1.09. The Kier molecular flexibility index (Phi) is 10.8. The molecule has 0 aromatic carbocycles. The van der Waals surface area contributed by atoms with Crippen LogP contribution in [0.4, 0.5) is 0 Å². The Labute approximate surface area is 186 Å². The summed E-state index contributed by atoms with van der Waals surface area (Å²) in [5.41, 5.74) is 1.62. The molecule has 0 heterocycles. The lowest BCUT2D eigenvalue weighted by Gasteiger charge is -2.42. The van der Waals surface area contributed by atoms with Crippen molar-refractivity contribution in [2.45, 2.75) is 97.9 Å². The fourth-order valence-electron chi connectivity index (χ4n) is 4.66. The van der Waals surface area contributed by atoms with E-state index in [9.17, 15) is 4.79 Å². The second kappa shape index (κ2) is 12.1. The maximum atomic E-state index is 11.4. The molecule has 1 aliphatic carbocycles. The second-order valence-corrected chi connectivity index (χ2v) is 15.3. The molecule has 4 nitrogen and oxygen atoms in total. The van der Waals surface area contributed by atoms with E-state index in [1.165, 1.54) is 13.3 Å². The van der Waals surface area contributed by atoms with Crippen molar-refractivity contribution < 1.29 is 18.7 Å². The van der Waals surface area contributed by atoms with E-state index in [4.69, 9.17) is 13.9 Å². The molecule has 0 unspecified atom stereocenters. The van der Waals surface area contributed by atoms with Gasteiger partial charge in [-0.2, -0.15) is 0 Å². The average Bonchev–Trinajstić information content (AvgIpc) is 3.33. The molecule has 0 amide bonds. The van der Waals surface area contributed by atoms with Gasteiger partial charge in [0.1, 0.15) is 12.4 Å². The number of carbonyl (C=O) groups is 1. The predicted octanol–water partition coefficient (Wildman–Crippen LogP) is 6.33. The lowest BCUT2D eigenvalue weighted by atomic mass is 10.0. The smallest absolute Gasteiger partial charge is 0.307 e. The largest absolute Gasteiger partial charge is 0.432 e. The quantitative estimate of drug-likeness (QED) is 0.155. The van der Waals surface area contributed by atoms with Gasteiger partial charge in [0.15, 0.2) is 8.32 Å². The highest BCUT2D eigenvalue weighted by atomic mass is 28.4. The highest BCUT2D eigenvalue weighted by molar-refractivity contribution is 6.77. The van der Waals surface area contributed by atoms with Gasteiger partial charge in [-0.1, -0.05) is 73.8 Å². The van der Waals surface area contributed by atoms with Crippen molar-refractivity contribution in [2.75, 3.05) is 13.2 Å². The fourth-order valence-corrected chi connectivity index (χ4v) is 10.1. The van der Waals surface area contributed by atoms with Crippen LogP contribution < -0.4 is 0 Å². The van der Waals surface area contributed by atoms with E-state index in [1.54, 1.807) is 0 Å². The van der Waals surface area contributed by atoms with Crippen LogP contribution in [0.15, 0.2) is 12.3 Å². The maximum absolute atomic E-state index is 11.4.